The first kappa shape index (κ1) is 12.6. The average Bonchev–Trinajstić information content (AvgIpc) is 2.34. The third-order valence-corrected chi connectivity index (χ3v) is 2.42. The molecule has 0 aliphatic heterocycles. The normalized spacial score (nSPS) is 10.0. The molecular weight excluding hydrogens is 206 g/mol. The van der Waals surface area contributed by atoms with E-state index < -0.39 is 0 Å². The standard InChI is InChI=1S/C12H19NO3/c1-14-10-7-9(5-4-6-13)12(16-3)11(8-10)15-2/h7-8H,4-6,13H2,1-3H3. The van der Waals surface area contributed by atoms with E-state index in [4.69, 9.17) is 19.9 Å². The van der Waals surface area contributed by atoms with Crippen LogP contribution in [-0.2, 0) is 6.42 Å². The number of rotatable bonds is 6. The zero-order valence-electron chi connectivity index (χ0n) is 10.1. The number of aryl methyl sites for hydroxylation is 1. The van der Waals surface area contributed by atoms with Crippen LogP contribution in [0.5, 0.6) is 17.2 Å². The van der Waals surface area contributed by atoms with E-state index in [-0.39, 0.29) is 0 Å². The van der Waals surface area contributed by atoms with Crippen molar-refractivity contribution in [3.8, 4) is 17.2 Å². The second kappa shape index (κ2) is 6.23. The lowest BCUT2D eigenvalue weighted by Gasteiger charge is -2.14. The van der Waals surface area contributed by atoms with Crippen LogP contribution < -0.4 is 19.9 Å². The molecule has 0 atom stereocenters. The van der Waals surface area contributed by atoms with E-state index in [1.807, 2.05) is 12.1 Å². The van der Waals surface area contributed by atoms with Gasteiger partial charge >= 0.3 is 0 Å². The minimum atomic E-state index is 0.655. The summed E-state index contributed by atoms with van der Waals surface area (Å²) in [6, 6.07) is 3.77. The molecule has 0 aromatic heterocycles. The molecule has 16 heavy (non-hydrogen) atoms. The van der Waals surface area contributed by atoms with E-state index in [1.54, 1.807) is 21.3 Å². The van der Waals surface area contributed by atoms with Crippen LogP contribution in [0.1, 0.15) is 12.0 Å². The summed E-state index contributed by atoms with van der Waals surface area (Å²) in [5.74, 6) is 2.22. The van der Waals surface area contributed by atoms with Gasteiger partial charge in [-0.3, -0.25) is 0 Å². The van der Waals surface area contributed by atoms with Gasteiger partial charge in [0.05, 0.1) is 21.3 Å². The predicted molar refractivity (Wildman–Crippen MR) is 63.5 cm³/mol. The van der Waals surface area contributed by atoms with Crippen LogP contribution >= 0.6 is 0 Å². The summed E-state index contributed by atoms with van der Waals surface area (Å²) in [6.45, 7) is 0.655. The first-order chi connectivity index (χ1) is 7.76. The molecule has 1 aromatic rings. The Balaban J connectivity index is 3.09. The van der Waals surface area contributed by atoms with Crippen molar-refractivity contribution in [2.24, 2.45) is 5.73 Å². The average molecular weight is 225 g/mol. The molecular formula is C12H19NO3. The van der Waals surface area contributed by atoms with Crippen LogP contribution in [0.4, 0.5) is 0 Å². The largest absolute Gasteiger partial charge is 0.497 e. The molecule has 0 saturated heterocycles. The minimum Gasteiger partial charge on any atom is -0.497 e. The fourth-order valence-electron chi connectivity index (χ4n) is 1.61. The van der Waals surface area contributed by atoms with Crippen LogP contribution in [0.15, 0.2) is 12.1 Å². The monoisotopic (exact) mass is 225 g/mol. The maximum absolute atomic E-state index is 5.51. The summed E-state index contributed by atoms with van der Waals surface area (Å²) in [6.07, 6.45) is 1.76. The van der Waals surface area contributed by atoms with Crippen LogP contribution in [0.2, 0.25) is 0 Å². The van der Waals surface area contributed by atoms with Crippen molar-refractivity contribution in [3.05, 3.63) is 17.7 Å². The Bertz CT molecular complexity index is 339. The van der Waals surface area contributed by atoms with E-state index >= 15 is 0 Å². The fraction of sp³-hybridized carbons (Fsp3) is 0.500. The summed E-state index contributed by atoms with van der Waals surface area (Å²) in [4.78, 5) is 0. The number of hydrogen-bond acceptors (Lipinski definition) is 4. The molecule has 0 aliphatic rings. The van der Waals surface area contributed by atoms with Crippen LogP contribution in [0.3, 0.4) is 0 Å². The number of ether oxygens (including phenoxy) is 3. The number of methoxy groups -OCH3 is 3. The molecule has 0 bridgehead atoms. The fourth-order valence-corrected chi connectivity index (χ4v) is 1.61. The van der Waals surface area contributed by atoms with Crippen molar-refractivity contribution < 1.29 is 14.2 Å². The summed E-state index contributed by atoms with van der Waals surface area (Å²) in [5.41, 5.74) is 6.57. The van der Waals surface area contributed by atoms with Gasteiger partial charge in [-0.25, -0.2) is 0 Å². The Morgan fingerprint density at radius 3 is 2.31 bits per heavy atom. The third-order valence-electron chi connectivity index (χ3n) is 2.42. The molecule has 0 radical (unpaired) electrons. The molecule has 4 heteroatoms. The third kappa shape index (κ3) is 2.79. The van der Waals surface area contributed by atoms with E-state index in [0.717, 1.165) is 29.9 Å². The van der Waals surface area contributed by atoms with Gasteiger partial charge in [-0.05, 0) is 25.5 Å². The van der Waals surface area contributed by atoms with Crippen molar-refractivity contribution in [2.75, 3.05) is 27.9 Å². The molecule has 0 spiro atoms. The van der Waals surface area contributed by atoms with Gasteiger partial charge in [0.15, 0.2) is 11.5 Å². The van der Waals surface area contributed by atoms with E-state index in [0.29, 0.717) is 12.3 Å². The summed E-state index contributed by atoms with van der Waals surface area (Å²) >= 11 is 0. The lowest BCUT2D eigenvalue weighted by atomic mass is 10.1. The van der Waals surface area contributed by atoms with Crippen LogP contribution in [0, 0.1) is 0 Å². The summed E-state index contributed by atoms with van der Waals surface area (Å²) in [5, 5.41) is 0. The highest BCUT2D eigenvalue weighted by Gasteiger charge is 2.12. The van der Waals surface area contributed by atoms with E-state index in [1.165, 1.54) is 0 Å². The Morgan fingerprint density at radius 1 is 1.06 bits per heavy atom. The predicted octanol–water partition coefficient (Wildman–Crippen LogP) is 1.60. The van der Waals surface area contributed by atoms with Crippen LogP contribution in [0.25, 0.3) is 0 Å². The van der Waals surface area contributed by atoms with Crippen molar-refractivity contribution in [2.45, 2.75) is 12.8 Å². The lowest BCUT2D eigenvalue weighted by molar-refractivity contribution is 0.345. The SMILES string of the molecule is COc1cc(CCCN)c(OC)c(OC)c1. The van der Waals surface area contributed by atoms with Gasteiger partial charge in [-0.15, -0.1) is 0 Å². The van der Waals surface area contributed by atoms with Gasteiger partial charge in [0.2, 0.25) is 0 Å². The Labute approximate surface area is 96.3 Å². The lowest BCUT2D eigenvalue weighted by Crippen LogP contribution is -2.03. The topological polar surface area (TPSA) is 53.7 Å². The highest BCUT2D eigenvalue weighted by molar-refractivity contribution is 5.51. The van der Waals surface area contributed by atoms with Gasteiger partial charge in [-0.2, -0.15) is 0 Å². The van der Waals surface area contributed by atoms with Crippen molar-refractivity contribution in [1.82, 2.24) is 0 Å². The second-order valence-corrected chi connectivity index (χ2v) is 3.41. The number of nitrogens with two attached hydrogens (primary N) is 1. The first-order valence-electron chi connectivity index (χ1n) is 5.25. The molecule has 0 aliphatic carbocycles. The molecule has 0 heterocycles. The first-order valence-corrected chi connectivity index (χ1v) is 5.25. The maximum Gasteiger partial charge on any atom is 0.164 e. The number of benzene rings is 1. The maximum atomic E-state index is 5.51. The Morgan fingerprint density at radius 2 is 1.81 bits per heavy atom. The molecule has 90 valence electrons. The Hall–Kier alpha value is -1.42. The summed E-state index contributed by atoms with van der Waals surface area (Å²) < 4.78 is 15.8. The molecule has 0 amide bonds. The smallest absolute Gasteiger partial charge is 0.164 e. The molecule has 0 fully saturated rings. The molecule has 0 unspecified atom stereocenters. The van der Waals surface area contributed by atoms with Crippen LogP contribution in [-0.4, -0.2) is 27.9 Å². The highest BCUT2D eigenvalue weighted by Crippen LogP contribution is 2.36. The van der Waals surface area contributed by atoms with Gasteiger partial charge in [-0.1, -0.05) is 0 Å². The zero-order chi connectivity index (χ0) is 12.0. The molecule has 1 aromatic carbocycles. The van der Waals surface area contributed by atoms with Gasteiger partial charge in [0.1, 0.15) is 5.75 Å². The molecule has 4 nitrogen and oxygen atoms in total. The van der Waals surface area contributed by atoms with Crippen molar-refractivity contribution in [1.29, 1.82) is 0 Å². The quantitative estimate of drug-likeness (QED) is 0.799. The van der Waals surface area contributed by atoms with E-state index in [9.17, 15) is 0 Å². The van der Waals surface area contributed by atoms with Crippen molar-refractivity contribution >= 4 is 0 Å². The van der Waals surface area contributed by atoms with Gasteiger partial charge < -0.3 is 19.9 Å². The van der Waals surface area contributed by atoms with Gasteiger partial charge in [0, 0.05) is 11.6 Å². The van der Waals surface area contributed by atoms with E-state index in [2.05, 4.69) is 0 Å². The summed E-state index contributed by atoms with van der Waals surface area (Å²) in [7, 11) is 4.88. The van der Waals surface area contributed by atoms with Crippen molar-refractivity contribution in [3.63, 3.8) is 0 Å². The number of hydrogen-bond donors (Lipinski definition) is 1. The minimum absolute atomic E-state index is 0.655. The molecule has 2 N–H and O–H groups in total. The molecule has 1 rings (SSSR count). The van der Waals surface area contributed by atoms with Gasteiger partial charge in [0.25, 0.3) is 0 Å². The highest BCUT2D eigenvalue weighted by atomic mass is 16.5. The molecule has 0 saturated carbocycles. The Kier molecular flexibility index (Phi) is 4.92. The second-order valence-electron chi connectivity index (χ2n) is 3.41. The zero-order valence-corrected chi connectivity index (χ0v) is 10.1.